The first-order valence-electron chi connectivity index (χ1n) is 3.81. The van der Waals surface area contributed by atoms with E-state index in [1.807, 2.05) is 0 Å². The van der Waals surface area contributed by atoms with E-state index in [0.717, 1.165) is 17.0 Å². The first-order chi connectivity index (χ1) is 5.66. The molecule has 12 heavy (non-hydrogen) atoms. The molecule has 0 bridgehead atoms. The van der Waals surface area contributed by atoms with Gasteiger partial charge in [-0.2, -0.15) is 8.75 Å². The number of nitrogens with zero attached hydrogens (tertiary/aromatic N) is 2. The SMILES string of the molecule is C=Cc1nsnc1C(=C)C(C)C. The smallest absolute Gasteiger partial charge is 0.107 e. The van der Waals surface area contributed by atoms with Crippen LogP contribution in [0.3, 0.4) is 0 Å². The minimum atomic E-state index is 0.410. The number of allylic oxidation sites excluding steroid dienone is 1. The van der Waals surface area contributed by atoms with Crippen molar-refractivity contribution in [1.29, 1.82) is 0 Å². The quantitative estimate of drug-likeness (QED) is 0.714. The second-order valence-corrected chi connectivity index (χ2v) is 3.41. The normalized spacial score (nSPS) is 10.2. The molecule has 0 aliphatic rings. The highest BCUT2D eigenvalue weighted by molar-refractivity contribution is 6.99. The fraction of sp³-hybridized carbons (Fsp3) is 0.333. The van der Waals surface area contributed by atoms with Crippen LogP contribution in [0, 0.1) is 5.92 Å². The summed E-state index contributed by atoms with van der Waals surface area (Å²) in [6, 6.07) is 0. The molecular formula is C9H12N2S. The summed E-state index contributed by atoms with van der Waals surface area (Å²) < 4.78 is 8.26. The predicted molar refractivity (Wildman–Crippen MR) is 53.9 cm³/mol. The van der Waals surface area contributed by atoms with Crippen molar-refractivity contribution >= 4 is 23.4 Å². The lowest BCUT2D eigenvalue weighted by molar-refractivity contribution is 0.853. The summed E-state index contributed by atoms with van der Waals surface area (Å²) in [7, 11) is 0. The fourth-order valence-electron chi connectivity index (χ4n) is 0.826. The van der Waals surface area contributed by atoms with E-state index in [-0.39, 0.29) is 0 Å². The highest BCUT2D eigenvalue weighted by Crippen LogP contribution is 2.22. The van der Waals surface area contributed by atoms with E-state index in [2.05, 4.69) is 35.8 Å². The second-order valence-electron chi connectivity index (χ2n) is 2.88. The number of aromatic nitrogens is 2. The van der Waals surface area contributed by atoms with Gasteiger partial charge in [0.1, 0.15) is 11.4 Å². The number of hydrogen-bond acceptors (Lipinski definition) is 3. The monoisotopic (exact) mass is 180 g/mol. The van der Waals surface area contributed by atoms with E-state index in [1.165, 1.54) is 11.7 Å². The molecular weight excluding hydrogens is 168 g/mol. The van der Waals surface area contributed by atoms with Crippen LogP contribution in [0.5, 0.6) is 0 Å². The van der Waals surface area contributed by atoms with E-state index in [1.54, 1.807) is 6.08 Å². The van der Waals surface area contributed by atoms with Gasteiger partial charge in [0.05, 0.1) is 11.7 Å². The van der Waals surface area contributed by atoms with Crippen molar-refractivity contribution in [3.8, 4) is 0 Å². The van der Waals surface area contributed by atoms with Crippen molar-refractivity contribution in [2.75, 3.05) is 0 Å². The predicted octanol–water partition coefficient (Wildman–Crippen LogP) is 2.85. The minimum absolute atomic E-state index is 0.410. The van der Waals surface area contributed by atoms with Crippen LogP contribution in [0.2, 0.25) is 0 Å². The maximum atomic E-state index is 4.17. The highest BCUT2D eigenvalue weighted by atomic mass is 32.1. The zero-order valence-electron chi connectivity index (χ0n) is 7.37. The Kier molecular flexibility index (Phi) is 2.76. The molecule has 1 aromatic rings. The molecule has 0 amide bonds. The van der Waals surface area contributed by atoms with Crippen molar-refractivity contribution in [2.24, 2.45) is 5.92 Å². The molecule has 0 aliphatic heterocycles. The molecule has 1 heterocycles. The first-order valence-corrected chi connectivity index (χ1v) is 4.54. The van der Waals surface area contributed by atoms with Crippen molar-refractivity contribution in [3.63, 3.8) is 0 Å². The molecule has 0 radical (unpaired) electrons. The third-order valence-corrected chi connectivity index (χ3v) is 2.25. The lowest BCUT2D eigenvalue weighted by Gasteiger charge is -2.05. The van der Waals surface area contributed by atoms with Crippen molar-refractivity contribution in [3.05, 3.63) is 24.5 Å². The van der Waals surface area contributed by atoms with E-state index in [9.17, 15) is 0 Å². The zero-order valence-corrected chi connectivity index (χ0v) is 8.19. The van der Waals surface area contributed by atoms with Crippen LogP contribution in [0.25, 0.3) is 11.6 Å². The molecule has 3 heteroatoms. The Labute approximate surface area is 77.0 Å². The molecule has 0 saturated heterocycles. The summed E-state index contributed by atoms with van der Waals surface area (Å²) >= 11 is 1.20. The second kappa shape index (κ2) is 3.63. The van der Waals surface area contributed by atoms with Gasteiger partial charge < -0.3 is 0 Å². The summed E-state index contributed by atoms with van der Waals surface area (Å²) in [6.07, 6.45) is 1.71. The molecule has 0 spiro atoms. The Morgan fingerprint density at radius 2 is 2.17 bits per heavy atom. The summed E-state index contributed by atoms with van der Waals surface area (Å²) in [4.78, 5) is 0. The van der Waals surface area contributed by atoms with Gasteiger partial charge in [0.2, 0.25) is 0 Å². The molecule has 0 saturated carbocycles. The van der Waals surface area contributed by atoms with E-state index < -0.39 is 0 Å². The van der Waals surface area contributed by atoms with Crippen molar-refractivity contribution in [2.45, 2.75) is 13.8 Å². The first kappa shape index (κ1) is 9.13. The van der Waals surface area contributed by atoms with Crippen LogP contribution < -0.4 is 0 Å². The molecule has 2 nitrogen and oxygen atoms in total. The van der Waals surface area contributed by atoms with Crippen molar-refractivity contribution < 1.29 is 0 Å². The largest absolute Gasteiger partial charge is 0.173 e. The molecule has 0 aromatic carbocycles. The molecule has 0 aliphatic carbocycles. The maximum Gasteiger partial charge on any atom is 0.107 e. The topological polar surface area (TPSA) is 25.8 Å². The Balaban J connectivity index is 3.01. The van der Waals surface area contributed by atoms with Gasteiger partial charge in [0.25, 0.3) is 0 Å². The lowest BCUT2D eigenvalue weighted by atomic mass is 10.0. The fourth-order valence-corrected chi connectivity index (χ4v) is 1.41. The van der Waals surface area contributed by atoms with Gasteiger partial charge in [0, 0.05) is 0 Å². The van der Waals surface area contributed by atoms with E-state index in [4.69, 9.17) is 0 Å². The molecule has 0 unspecified atom stereocenters. The molecule has 1 aromatic heterocycles. The van der Waals surface area contributed by atoms with E-state index >= 15 is 0 Å². The average Bonchev–Trinajstić information content (AvgIpc) is 2.49. The van der Waals surface area contributed by atoms with Crippen LogP contribution >= 0.6 is 11.7 Å². The molecule has 0 N–H and O–H groups in total. The van der Waals surface area contributed by atoms with Crippen LogP contribution in [-0.2, 0) is 0 Å². The summed E-state index contributed by atoms with van der Waals surface area (Å²) in [5, 5.41) is 0. The van der Waals surface area contributed by atoms with Crippen LogP contribution in [-0.4, -0.2) is 8.75 Å². The van der Waals surface area contributed by atoms with Crippen LogP contribution in [0.4, 0.5) is 0 Å². The van der Waals surface area contributed by atoms with E-state index in [0.29, 0.717) is 5.92 Å². The Morgan fingerprint density at radius 1 is 1.50 bits per heavy atom. The summed E-state index contributed by atoms with van der Waals surface area (Å²) in [5.41, 5.74) is 2.77. The van der Waals surface area contributed by atoms with Gasteiger partial charge in [-0.3, -0.25) is 0 Å². The third kappa shape index (κ3) is 1.61. The highest BCUT2D eigenvalue weighted by Gasteiger charge is 2.10. The van der Waals surface area contributed by atoms with Gasteiger partial charge in [-0.15, -0.1) is 0 Å². The summed E-state index contributed by atoms with van der Waals surface area (Å²) in [5.74, 6) is 0.410. The third-order valence-electron chi connectivity index (χ3n) is 1.71. The molecule has 64 valence electrons. The molecule has 0 atom stereocenters. The zero-order chi connectivity index (χ0) is 9.14. The van der Waals surface area contributed by atoms with Gasteiger partial charge in [-0.05, 0) is 17.6 Å². The Morgan fingerprint density at radius 3 is 2.67 bits per heavy atom. The lowest BCUT2D eigenvalue weighted by Crippen LogP contribution is -1.93. The van der Waals surface area contributed by atoms with Gasteiger partial charge >= 0.3 is 0 Å². The van der Waals surface area contributed by atoms with Crippen LogP contribution in [0.15, 0.2) is 13.2 Å². The average molecular weight is 180 g/mol. The van der Waals surface area contributed by atoms with Gasteiger partial charge in [-0.1, -0.05) is 27.0 Å². The molecule has 0 fully saturated rings. The Hall–Kier alpha value is -0.960. The van der Waals surface area contributed by atoms with Crippen LogP contribution in [0.1, 0.15) is 25.2 Å². The Bertz CT molecular complexity index is 299. The molecule has 1 rings (SSSR count). The maximum absolute atomic E-state index is 4.17. The summed E-state index contributed by atoms with van der Waals surface area (Å²) in [6.45, 7) is 11.8. The standard InChI is InChI=1S/C9H12N2S/c1-5-8-9(11-12-10-8)7(4)6(2)3/h5-6H,1,4H2,2-3H3. The number of rotatable bonds is 3. The van der Waals surface area contributed by atoms with Gasteiger partial charge in [-0.25, -0.2) is 0 Å². The number of hydrogen-bond donors (Lipinski definition) is 0. The van der Waals surface area contributed by atoms with Gasteiger partial charge in [0.15, 0.2) is 0 Å². The minimum Gasteiger partial charge on any atom is -0.173 e. The van der Waals surface area contributed by atoms with Crippen molar-refractivity contribution in [1.82, 2.24) is 8.75 Å².